The van der Waals surface area contributed by atoms with Gasteiger partial charge in [-0.3, -0.25) is 14.7 Å². The number of fused-ring (bicyclic) bond motifs is 1. The summed E-state index contributed by atoms with van der Waals surface area (Å²) in [5.41, 5.74) is 0.867. The number of pyridine rings is 1. The first kappa shape index (κ1) is 21.0. The van der Waals surface area contributed by atoms with Crippen molar-refractivity contribution in [3.63, 3.8) is 0 Å². The van der Waals surface area contributed by atoms with Crippen molar-refractivity contribution >= 4 is 22.9 Å². The molecule has 0 unspecified atom stereocenters. The van der Waals surface area contributed by atoms with Crippen LogP contribution < -0.4 is 5.32 Å². The number of para-hydroxylation sites is 1. The van der Waals surface area contributed by atoms with Crippen LogP contribution >= 0.6 is 0 Å². The quantitative estimate of drug-likeness (QED) is 0.784. The fourth-order valence-corrected chi connectivity index (χ4v) is 3.37. The van der Waals surface area contributed by atoms with Crippen LogP contribution in [0.5, 0.6) is 0 Å². The molecule has 0 saturated carbocycles. The molecule has 0 aliphatic carbocycles. The third kappa shape index (κ3) is 5.90. The number of benzene rings is 1. The SMILES string of the molecule is CC(C)(C)OC(=O)N1CCN(CCCNC(=O)c2cccc3cccnc23)CC1. The van der Waals surface area contributed by atoms with Gasteiger partial charge in [-0.05, 0) is 45.9 Å². The predicted molar refractivity (Wildman–Crippen MR) is 113 cm³/mol. The molecular formula is C22H30N4O3. The molecule has 0 atom stereocenters. The maximum absolute atomic E-state index is 12.5. The number of ether oxygens (including phenoxy) is 1. The summed E-state index contributed by atoms with van der Waals surface area (Å²) in [4.78, 5) is 33.0. The smallest absolute Gasteiger partial charge is 0.410 e. The zero-order chi connectivity index (χ0) is 20.9. The summed E-state index contributed by atoms with van der Waals surface area (Å²) < 4.78 is 5.43. The van der Waals surface area contributed by atoms with E-state index in [1.165, 1.54) is 0 Å². The van der Waals surface area contributed by atoms with Gasteiger partial charge in [0, 0.05) is 44.3 Å². The molecule has 1 saturated heterocycles. The number of amides is 2. The number of rotatable bonds is 5. The van der Waals surface area contributed by atoms with Crippen LogP contribution in [0, 0.1) is 0 Å². The molecule has 3 rings (SSSR count). The van der Waals surface area contributed by atoms with Gasteiger partial charge < -0.3 is 15.0 Å². The fourth-order valence-electron chi connectivity index (χ4n) is 3.37. The van der Waals surface area contributed by atoms with Gasteiger partial charge in [0.2, 0.25) is 0 Å². The van der Waals surface area contributed by atoms with E-state index in [-0.39, 0.29) is 12.0 Å². The molecule has 2 amide bonds. The van der Waals surface area contributed by atoms with Crippen LogP contribution in [0.25, 0.3) is 10.9 Å². The molecule has 2 aromatic rings. The Morgan fingerprint density at radius 3 is 2.55 bits per heavy atom. The first-order valence-corrected chi connectivity index (χ1v) is 10.2. The van der Waals surface area contributed by atoms with Gasteiger partial charge in [-0.25, -0.2) is 4.79 Å². The molecule has 0 spiro atoms. The molecule has 0 bridgehead atoms. The average Bonchev–Trinajstić information content (AvgIpc) is 2.70. The molecule has 0 radical (unpaired) electrons. The van der Waals surface area contributed by atoms with E-state index in [1.54, 1.807) is 17.2 Å². The number of carbonyl (C=O) groups excluding carboxylic acids is 2. The second-order valence-electron chi connectivity index (χ2n) is 8.30. The van der Waals surface area contributed by atoms with Crippen LogP contribution in [0.15, 0.2) is 36.5 Å². The minimum atomic E-state index is -0.466. The molecule has 1 aliphatic heterocycles. The summed E-state index contributed by atoms with van der Waals surface area (Å²) in [7, 11) is 0. The van der Waals surface area contributed by atoms with Gasteiger partial charge in [-0.2, -0.15) is 0 Å². The van der Waals surface area contributed by atoms with Crippen LogP contribution in [0.3, 0.4) is 0 Å². The highest BCUT2D eigenvalue weighted by Crippen LogP contribution is 2.16. The van der Waals surface area contributed by atoms with Crippen LogP contribution in [-0.2, 0) is 4.74 Å². The van der Waals surface area contributed by atoms with E-state index in [0.29, 0.717) is 25.2 Å². The van der Waals surface area contributed by atoms with Crippen LogP contribution in [0.1, 0.15) is 37.6 Å². The summed E-state index contributed by atoms with van der Waals surface area (Å²) >= 11 is 0. The monoisotopic (exact) mass is 398 g/mol. The van der Waals surface area contributed by atoms with E-state index in [1.807, 2.05) is 45.0 Å². The molecule has 1 N–H and O–H groups in total. The lowest BCUT2D eigenvalue weighted by Gasteiger charge is -2.35. The Labute approximate surface area is 172 Å². The second kappa shape index (κ2) is 9.22. The van der Waals surface area contributed by atoms with E-state index in [4.69, 9.17) is 4.74 Å². The average molecular weight is 399 g/mol. The van der Waals surface area contributed by atoms with Crippen molar-refractivity contribution in [1.29, 1.82) is 0 Å². The van der Waals surface area contributed by atoms with E-state index < -0.39 is 5.60 Å². The normalized spacial score (nSPS) is 15.3. The first-order valence-electron chi connectivity index (χ1n) is 10.2. The fraction of sp³-hybridized carbons (Fsp3) is 0.500. The van der Waals surface area contributed by atoms with Gasteiger partial charge >= 0.3 is 6.09 Å². The number of hydrogen-bond acceptors (Lipinski definition) is 5. The number of nitrogens with zero attached hydrogens (tertiary/aromatic N) is 3. The number of nitrogens with one attached hydrogen (secondary N) is 1. The van der Waals surface area contributed by atoms with Crippen molar-refractivity contribution in [1.82, 2.24) is 20.1 Å². The molecule has 1 aromatic carbocycles. The first-order chi connectivity index (χ1) is 13.8. The van der Waals surface area contributed by atoms with Crippen LogP contribution in [-0.4, -0.2) is 71.7 Å². The minimum absolute atomic E-state index is 0.0935. The molecular weight excluding hydrogens is 368 g/mol. The largest absolute Gasteiger partial charge is 0.444 e. The third-order valence-electron chi connectivity index (χ3n) is 4.84. The van der Waals surface area contributed by atoms with Gasteiger partial charge in [0.25, 0.3) is 5.91 Å². The molecule has 1 aromatic heterocycles. The Hall–Kier alpha value is -2.67. The van der Waals surface area contributed by atoms with E-state index in [9.17, 15) is 9.59 Å². The number of piperazine rings is 1. The van der Waals surface area contributed by atoms with Crippen molar-refractivity contribution < 1.29 is 14.3 Å². The lowest BCUT2D eigenvalue weighted by atomic mass is 10.1. The van der Waals surface area contributed by atoms with Crippen LogP contribution in [0.2, 0.25) is 0 Å². The predicted octanol–water partition coefficient (Wildman–Crippen LogP) is 2.91. The zero-order valence-electron chi connectivity index (χ0n) is 17.5. The molecule has 2 heterocycles. The maximum atomic E-state index is 12.5. The maximum Gasteiger partial charge on any atom is 0.410 e. The highest BCUT2D eigenvalue weighted by atomic mass is 16.6. The Morgan fingerprint density at radius 1 is 1.10 bits per heavy atom. The highest BCUT2D eigenvalue weighted by molar-refractivity contribution is 6.05. The topological polar surface area (TPSA) is 74.8 Å². The Morgan fingerprint density at radius 2 is 1.83 bits per heavy atom. The van der Waals surface area contributed by atoms with Gasteiger partial charge in [-0.15, -0.1) is 0 Å². The van der Waals surface area contributed by atoms with Gasteiger partial charge in [0.1, 0.15) is 5.60 Å². The number of hydrogen-bond donors (Lipinski definition) is 1. The molecule has 1 aliphatic rings. The molecule has 1 fully saturated rings. The zero-order valence-corrected chi connectivity index (χ0v) is 17.5. The highest BCUT2D eigenvalue weighted by Gasteiger charge is 2.25. The minimum Gasteiger partial charge on any atom is -0.444 e. The Bertz CT molecular complexity index is 849. The van der Waals surface area contributed by atoms with E-state index in [2.05, 4.69) is 15.2 Å². The van der Waals surface area contributed by atoms with Crippen molar-refractivity contribution in [2.45, 2.75) is 32.8 Å². The molecule has 7 nitrogen and oxygen atoms in total. The summed E-state index contributed by atoms with van der Waals surface area (Å²) in [6.07, 6.45) is 2.32. The van der Waals surface area contributed by atoms with E-state index in [0.717, 1.165) is 37.0 Å². The summed E-state index contributed by atoms with van der Waals surface area (Å²) in [5, 5.41) is 3.95. The molecule has 29 heavy (non-hydrogen) atoms. The van der Waals surface area contributed by atoms with Crippen LogP contribution in [0.4, 0.5) is 4.79 Å². The number of aromatic nitrogens is 1. The van der Waals surface area contributed by atoms with Crippen molar-refractivity contribution in [2.24, 2.45) is 0 Å². The lowest BCUT2D eigenvalue weighted by molar-refractivity contribution is 0.0144. The van der Waals surface area contributed by atoms with Gasteiger partial charge in [0.15, 0.2) is 0 Å². The summed E-state index contributed by atoms with van der Waals surface area (Å²) in [6.45, 7) is 10.1. The summed E-state index contributed by atoms with van der Waals surface area (Å²) in [6, 6.07) is 9.46. The summed E-state index contributed by atoms with van der Waals surface area (Å²) in [5.74, 6) is -0.0935. The Kier molecular flexibility index (Phi) is 6.69. The third-order valence-corrected chi connectivity index (χ3v) is 4.84. The standard InChI is InChI=1S/C22H30N4O3/c1-22(2,3)29-21(28)26-15-13-25(14-16-26)12-6-11-24-20(27)18-9-4-7-17-8-5-10-23-19(17)18/h4-5,7-10H,6,11-16H2,1-3H3,(H,24,27). The van der Waals surface area contributed by atoms with Crippen molar-refractivity contribution in [3.05, 3.63) is 42.1 Å². The molecule has 7 heteroatoms. The van der Waals surface area contributed by atoms with Gasteiger partial charge in [-0.1, -0.05) is 18.2 Å². The Balaban J connectivity index is 1.39. The van der Waals surface area contributed by atoms with Crippen molar-refractivity contribution in [3.8, 4) is 0 Å². The number of carbonyl (C=O) groups is 2. The molecule has 156 valence electrons. The van der Waals surface area contributed by atoms with E-state index >= 15 is 0 Å². The second-order valence-corrected chi connectivity index (χ2v) is 8.30. The van der Waals surface area contributed by atoms with Gasteiger partial charge in [0.05, 0.1) is 11.1 Å². The lowest BCUT2D eigenvalue weighted by Crippen LogP contribution is -2.50. The van der Waals surface area contributed by atoms with Crippen molar-refractivity contribution in [2.75, 3.05) is 39.3 Å².